The second-order valence-corrected chi connectivity index (χ2v) is 11.3. The van der Waals surface area contributed by atoms with Gasteiger partial charge in [-0.25, -0.2) is 0 Å². The van der Waals surface area contributed by atoms with Crippen LogP contribution in [0.5, 0.6) is 0 Å². The van der Waals surface area contributed by atoms with E-state index >= 15 is 0 Å². The average molecular weight is 601 g/mol. The molecule has 2 rings (SSSR count). The van der Waals surface area contributed by atoms with Crippen molar-refractivity contribution in [2.45, 2.75) is 89.9 Å². The van der Waals surface area contributed by atoms with Gasteiger partial charge >= 0.3 is 0 Å². The molecule has 238 valence electrons. The zero-order chi connectivity index (χ0) is 32.0. The SMILES string of the molecule is CC[C@@H]1NC(=O)[C@H](CCCNC(=N)NC)NC(=O)[C@](C)(NC(=O)C(C)C)CCCCNC(=O)[C@@H](c2ccccc2)NC1=O. The highest BCUT2D eigenvalue weighted by atomic mass is 16.2. The summed E-state index contributed by atoms with van der Waals surface area (Å²) in [5.41, 5.74) is -0.717. The lowest BCUT2D eigenvalue weighted by Gasteiger charge is -2.33. The van der Waals surface area contributed by atoms with Crippen molar-refractivity contribution in [2.75, 3.05) is 20.1 Å². The van der Waals surface area contributed by atoms with Crippen LogP contribution in [0.15, 0.2) is 30.3 Å². The fraction of sp³-hybridized carbons (Fsp3) is 0.600. The highest BCUT2D eigenvalue weighted by Crippen LogP contribution is 2.18. The van der Waals surface area contributed by atoms with E-state index < -0.39 is 41.4 Å². The molecule has 1 aliphatic rings. The summed E-state index contributed by atoms with van der Waals surface area (Å²) in [5.74, 6) is -2.55. The minimum Gasteiger partial charge on any atom is -0.360 e. The first-order valence-electron chi connectivity index (χ1n) is 15.0. The number of carbonyl (C=O) groups is 5. The fourth-order valence-corrected chi connectivity index (χ4v) is 4.57. The first-order chi connectivity index (χ1) is 20.4. The summed E-state index contributed by atoms with van der Waals surface area (Å²) in [7, 11) is 1.61. The van der Waals surface area contributed by atoms with Crippen LogP contribution in [-0.2, 0) is 24.0 Å². The van der Waals surface area contributed by atoms with Crippen LogP contribution in [0.3, 0.4) is 0 Å². The highest BCUT2D eigenvalue weighted by Gasteiger charge is 2.38. The van der Waals surface area contributed by atoms with E-state index in [2.05, 4.69) is 37.2 Å². The van der Waals surface area contributed by atoms with E-state index in [1.54, 1.807) is 59.0 Å². The summed E-state index contributed by atoms with van der Waals surface area (Å²) < 4.78 is 0. The Labute approximate surface area is 254 Å². The minimum absolute atomic E-state index is 0.121. The number of carbonyl (C=O) groups excluding carboxylic acids is 5. The predicted molar refractivity (Wildman–Crippen MR) is 164 cm³/mol. The molecule has 0 unspecified atom stereocenters. The molecular formula is C30H48N8O5. The standard InChI is InChI=1S/C30H48N8O5/c1-6-21-25(40)37-23(20-13-8-7-9-14-20)27(42)33-17-11-10-16-30(4,38-24(39)19(2)3)28(43)36-22(26(41)35-21)15-12-18-34-29(31)32-5/h7-9,13-14,19,21-23H,6,10-12,15-18H2,1-5H3,(H,33,42)(H,35,41)(H,36,43)(H,37,40)(H,38,39)(H3,31,32,34)/t21-,22-,23+,30+/m0/s1. The van der Waals surface area contributed by atoms with Gasteiger partial charge in [-0.1, -0.05) is 51.1 Å². The Morgan fingerprint density at radius 1 is 1.00 bits per heavy atom. The van der Waals surface area contributed by atoms with Gasteiger partial charge < -0.3 is 37.2 Å². The summed E-state index contributed by atoms with van der Waals surface area (Å²) in [4.78, 5) is 66.5. The van der Waals surface area contributed by atoms with Crippen LogP contribution in [0.2, 0.25) is 0 Å². The molecule has 4 atom stereocenters. The normalized spacial score (nSPS) is 24.2. The van der Waals surface area contributed by atoms with Crippen molar-refractivity contribution in [1.29, 1.82) is 5.41 Å². The van der Waals surface area contributed by atoms with Crippen LogP contribution in [0.1, 0.15) is 77.8 Å². The molecule has 0 bridgehead atoms. The molecule has 1 aromatic rings. The zero-order valence-electron chi connectivity index (χ0n) is 25.9. The van der Waals surface area contributed by atoms with E-state index in [9.17, 15) is 24.0 Å². The molecule has 0 aliphatic carbocycles. The van der Waals surface area contributed by atoms with Gasteiger partial charge in [0.1, 0.15) is 23.7 Å². The van der Waals surface area contributed by atoms with E-state index in [4.69, 9.17) is 5.41 Å². The second kappa shape index (κ2) is 17.1. The molecule has 1 aliphatic heterocycles. The molecule has 5 amide bonds. The maximum Gasteiger partial charge on any atom is 0.247 e. The van der Waals surface area contributed by atoms with Crippen LogP contribution >= 0.6 is 0 Å². The van der Waals surface area contributed by atoms with Crippen molar-refractivity contribution < 1.29 is 24.0 Å². The Kier molecular flexibility index (Phi) is 13.9. The van der Waals surface area contributed by atoms with Crippen molar-refractivity contribution in [3.63, 3.8) is 0 Å². The predicted octanol–water partition coefficient (Wildman–Crippen LogP) is 0.578. The lowest BCUT2D eigenvalue weighted by atomic mass is 9.91. The second-order valence-electron chi connectivity index (χ2n) is 11.3. The van der Waals surface area contributed by atoms with Crippen molar-refractivity contribution in [2.24, 2.45) is 5.92 Å². The van der Waals surface area contributed by atoms with Gasteiger partial charge in [0, 0.05) is 26.1 Å². The molecular weight excluding hydrogens is 552 g/mol. The van der Waals surface area contributed by atoms with Gasteiger partial charge in [-0.05, 0) is 51.0 Å². The molecule has 0 saturated carbocycles. The Morgan fingerprint density at radius 2 is 1.67 bits per heavy atom. The molecule has 1 aromatic carbocycles. The van der Waals surface area contributed by atoms with Gasteiger partial charge in [0.15, 0.2) is 5.96 Å². The van der Waals surface area contributed by atoms with Gasteiger partial charge in [0.25, 0.3) is 0 Å². The monoisotopic (exact) mass is 600 g/mol. The Morgan fingerprint density at radius 3 is 2.30 bits per heavy atom. The number of amides is 5. The van der Waals surface area contributed by atoms with Gasteiger partial charge in [0.2, 0.25) is 29.5 Å². The molecule has 1 saturated heterocycles. The number of rotatable bonds is 8. The minimum atomic E-state index is -1.32. The van der Waals surface area contributed by atoms with E-state index in [0.29, 0.717) is 37.9 Å². The van der Waals surface area contributed by atoms with E-state index in [1.165, 1.54) is 0 Å². The number of hydrogen-bond donors (Lipinski definition) is 8. The molecule has 0 aromatic heterocycles. The smallest absolute Gasteiger partial charge is 0.247 e. The molecule has 13 nitrogen and oxygen atoms in total. The van der Waals surface area contributed by atoms with Crippen LogP contribution < -0.4 is 37.2 Å². The Bertz CT molecular complexity index is 1130. The average Bonchev–Trinajstić information content (AvgIpc) is 2.99. The molecule has 0 radical (unpaired) electrons. The lowest BCUT2D eigenvalue weighted by molar-refractivity contribution is -0.137. The summed E-state index contributed by atoms with van der Waals surface area (Å²) in [6.45, 7) is 7.49. The third kappa shape index (κ3) is 10.9. The van der Waals surface area contributed by atoms with Gasteiger partial charge in [0.05, 0.1) is 0 Å². The molecule has 8 N–H and O–H groups in total. The summed E-state index contributed by atoms with van der Waals surface area (Å²) in [5, 5.41) is 27.3. The summed E-state index contributed by atoms with van der Waals surface area (Å²) >= 11 is 0. The number of nitrogens with one attached hydrogen (secondary N) is 8. The van der Waals surface area contributed by atoms with E-state index in [-0.39, 0.29) is 43.0 Å². The first kappa shape index (κ1) is 35.0. The topological polar surface area (TPSA) is 193 Å². The zero-order valence-corrected chi connectivity index (χ0v) is 25.9. The molecule has 1 fully saturated rings. The molecule has 1 heterocycles. The van der Waals surface area contributed by atoms with Crippen LogP contribution in [0.4, 0.5) is 0 Å². The first-order valence-corrected chi connectivity index (χ1v) is 15.0. The largest absolute Gasteiger partial charge is 0.360 e. The highest BCUT2D eigenvalue weighted by molar-refractivity contribution is 5.97. The van der Waals surface area contributed by atoms with Crippen molar-refractivity contribution in [3.05, 3.63) is 35.9 Å². The quantitative estimate of drug-likeness (QED) is 0.121. The van der Waals surface area contributed by atoms with Gasteiger partial charge in [-0.2, -0.15) is 0 Å². The van der Waals surface area contributed by atoms with E-state index in [0.717, 1.165) is 0 Å². The van der Waals surface area contributed by atoms with Crippen molar-refractivity contribution in [1.82, 2.24) is 37.2 Å². The number of benzene rings is 1. The van der Waals surface area contributed by atoms with Crippen LogP contribution in [0.25, 0.3) is 0 Å². The van der Waals surface area contributed by atoms with Crippen molar-refractivity contribution >= 4 is 35.5 Å². The third-order valence-corrected chi connectivity index (χ3v) is 7.39. The molecule has 0 spiro atoms. The van der Waals surface area contributed by atoms with E-state index in [1.807, 2.05) is 6.07 Å². The van der Waals surface area contributed by atoms with Gasteiger partial charge in [-0.15, -0.1) is 0 Å². The van der Waals surface area contributed by atoms with Crippen LogP contribution in [-0.4, -0.2) is 73.3 Å². The summed E-state index contributed by atoms with van der Waals surface area (Å²) in [6, 6.07) is 5.91. The molecule has 13 heteroatoms. The van der Waals surface area contributed by atoms with Crippen LogP contribution in [0, 0.1) is 11.3 Å². The Hall–Kier alpha value is -4.16. The fourth-order valence-electron chi connectivity index (χ4n) is 4.57. The lowest BCUT2D eigenvalue weighted by Crippen LogP contribution is -2.62. The maximum absolute atomic E-state index is 13.7. The number of guanidine groups is 1. The maximum atomic E-state index is 13.7. The summed E-state index contributed by atoms with van der Waals surface area (Å²) in [6.07, 6.45) is 2.17. The van der Waals surface area contributed by atoms with Crippen molar-refractivity contribution in [3.8, 4) is 0 Å². The van der Waals surface area contributed by atoms with Gasteiger partial charge in [-0.3, -0.25) is 29.4 Å². The third-order valence-electron chi connectivity index (χ3n) is 7.39. The Balaban J connectivity index is 2.40. The number of hydrogen-bond acceptors (Lipinski definition) is 6. The molecule has 43 heavy (non-hydrogen) atoms.